The summed E-state index contributed by atoms with van der Waals surface area (Å²) >= 11 is 0. The first kappa shape index (κ1) is 9.27. The van der Waals surface area contributed by atoms with Crippen molar-refractivity contribution in [1.29, 1.82) is 10.5 Å². The van der Waals surface area contributed by atoms with Crippen molar-refractivity contribution in [2.45, 2.75) is 11.6 Å². The molecule has 2 aliphatic heterocycles. The summed E-state index contributed by atoms with van der Waals surface area (Å²) < 4.78 is 0. The van der Waals surface area contributed by atoms with Crippen LogP contribution in [0.15, 0.2) is 15.1 Å². The minimum Gasteiger partial charge on any atom is -0.356 e. The van der Waals surface area contributed by atoms with Crippen molar-refractivity contribution in [2.24, 2.45) is 15.1 Å². The van der Waals surface area contributed by atoms with Gasteiger partial charge in [0.2, 0.25) is 0 Å². The van der Waals surface area contributed by atoms with Gasteiger partial charge in [0.1, 0.15) is 12.1 Å². The lowest BCUT2D eigenvalue weighted by atomic mass is 10.2. The first-order valence-corrected chi connectivity index (χ1v) is 3.81. The number of hydrogen-bond acceptors (Lipinski definition) is 8. The molecule has 2 heterocycles. The van der Waals surface area contributed by atoms with Crippen molar-refractivity contribution in [2.75, 3.05) is 0 Å². The molecule has 3 N–H and O–H groups in total. The normalized spacial score (nSPS) is 24.0. The molecule has 0 aliphatic carbocycles. The summed E-state index contributed by atoms with van der Waals surface area (Å²) in [6.45, 7) is 0. The van der Waals surface area contributed by atoms with Crippen LogP contribution in [0.25, 0.3) is 0 Å². The number of nitrogens with zero attached hydrogens (tertiary/aromatic N) is 5. The van der Waals surface area contributed by atoms with Crippen LogP contribution in [0.3, 0.4) is 0 Å². The number of nitrogens with one attached hydrogen (secondary N) is 1. The van der Waals surface area contributed by atoms with E-state index in [0.29, 0.717) is 0 Å². The first-order valence-electron chi connectivity index (χ1n) is 3.81. The molecule has 74 valence electrons. The number of hydrazone groups is 1. The number of nitriles is 2. The molecular weight excluding hydrogens is 200 g/mol. The highest BCUT2D eigenvalue weighted by atomic mass is 16.5. The molecule has 0 atom stereocenters. The monoisotopic (exact) mass is 204 g/mol. The Morgan fingerprint density at radius 3 is 2.07 bits per heavy atom. The van der Waals surface area contributed by atoms with Gasteiger partial charge in [-0.15, -0.1) is 0 Å². The summed E-state index contributed by atoms with van der Waals surface area (Å²) in [6, 6.07) is 3.27. The molecule has 0 aromatic carbocycles. The molecule has 0 unspecified atom stereocenters. The Morgan fingerprint density at radius 2 is 1.73 bits per heavy atom. The van der Waals surface area contributed by atoms with Crippen LogP contribution >= 0.6 is 0 Å². The second kappa shape index (κ2) is 2.60. The van der Waals surface area contributed by atoms with Gasteiger partial charge < -0.3 is 10.2 Å². The Balaban J connectivity index is 2.54. The van der Waals surface area contributed by atoms with Crippen LogP contribution in [0, 0.1) is 22.7 Å². The quantitative estimate of drug-likeness (QED) is 0.386. The van der Waals surface area contributed by atoms with Crippen LogP contribution in [-0.4, -0.2) is 39.4 Å². The predicted molar refractivity (Wildman–Crippen MR) is 47.6 cm³/mol. The SMILES string of the molecule is N#CC1=NC2(N=C1C#N)NN=CC2(O)O. The molecule has 0 aromatic rings. The lowest BCUT2D eigenvalue weighted by molar-refractivity contribution is -0.144. The van der Waals surface area contributed by atoms with Crippen LogP contribution in [-0.2, 0) is 0 Å². The molecule has 2 rings (SSSR count). The van der Waals surface area contributed by atoms with Gasteiger partial charge in [-0.05, 0) is 0 Å². The van der Waals surface area contributed by atoms with Crippen LogP contribution in [0.2, 0.25) is 0 Å². The van der Waals surface area contributed by atoms with Gasteiger partial charge in [0.05, 0.1) is 6.21 Å². The highest BCUT2D eigenvalue weighted by Gasteiger charge is 2.56. The van der Waals surface area contributed by atoms with Gasteiger partial charge in [-0.2, -0.15) is 15.6 Å². The van der Waals surface area contributed by atoms with E-state index in [0.717, 1.165) is 6.21 Å². The van der Waals surface area contributed by atoms with Crippen molar-refractivity contribution in [3.8, 4) is 12.1 Å². The fourth-order valence-corrected chi connectivity index (χ4v) is 1.21. The van der Waals surface area contributed by atoms with E-state index in [9.17, 15) is 10.2 Å². The second-order valence-electron chi connectivity index (χ2n) is 2.91. The molecular formula is C7H4N6O2. The zero-order chi connectivity index (χ0) is 11.1. The summed E-state index contributed by atoms with van der Waals surface area (Å²) in [5, 5.41) is 39.6. The molecule has 1 spiro atoms. The average Bonchev–Trinajstić information content (AvgIpc) is 2.70. The van der Waals surface area contributed by atoms with Crippen molar-refractivity contribution in [3.05, 3.63) is 0 Å². The van der Waals surface area contributed by atoms with Crippen LogP contribution in [0.4, 0.5) is 0 Å². The van der Waals surface area contributed by atoms with Crippen molar-refractivity contribution < 1.29 is 10.2 Å². The maximum absolute atomic E-state index is 9.48. The fraction of sp³-hybridized carbons (Fsp3) is 0.286. The molecule has 0 bridgehead atoms. The van der Waals surface area contributed by atoms with E-state index in [1.807, 2.05) is 0 Å². The van der Waals surface area contributed by atoms with E-state index < -0.39 is 11.6 Å². The minimum absolute atomic E-state index is 0.261. The Morgan fingerprint density at radius 1 is 1.20 bits per heavy atom. The minimum atomic E-state index is -2.45. The van der Waals surface area contributed by atoms with Gasteiger partial charge in [-0.25, -0.2) is 9.98 Å². The zero-order valence-corrected chi connectivity index (χ0v) is 7.21. The largest absolute Gasteiger partial charge is 0.356 e. The molecule has 0 amide bonds. The van der Waals surface area contributed by atoms with Crippen LogP contribution in [0.5, 0.6) is 0 Å². The van der Waals surface area contributed by atoms with Crippen molar-refractivity contribution >= 4 is 17.6 Å². The van der Waals surface area contributed by atoms with E-state index >= 15 is 0 Å². The van der Waals surface area contributed by atoms with Crippen LogP contribution < -0.4 is 5.43 Å². The van der Waals surface area contributed by atoms with E-state index in [1.165, 1.54) is 0 Å². The zero-order valence-electron chi connectivity index (χ0n) is 7.21. The Labute approximate surface area is 83.5 Å². The maximum Gasteiger partial charge on any atom is 0.303 e. The third-order valence-electron chi connectivity index (χ3n) is 1.96. The van der Waals surface area contributed by atoms with Crippen LogP contribution in [0.1, 0.15) is 0 Å². The Bertz CT molecular complexity index is 459. The average molecular weight is 204 g/mol. The summed E-state index contributed by atoms with van der Waals surface area (Å²) in [6.07, 6.45) is 0.787. The summed E-state index contributed by atoms with van der Waals surface area (Å²) in [5.41, 5.74) is 1.72. The smallest absolute Gasteiger partial charge is 0.303 e. The number of aliphatic hydroxyl groups is 2. The standard InChI is InChI=1S/C7H4N6O2/c8-1-4-5(2-9)12-7(11-4)6(14,15)3-10-13-7/h3,13-15H. The summed E-state index contributed by atoms with van der Waals surface area (Å²) in [5.74, 6) is -4.35. The molecule has 0 saturated heterocycles. The second-order valence-corrected chi connectivity index (χ2v) is 2.91. The molecule has 8 heteroatoms. The molecule has 0 aromatic heterocycles. The third-order valence-corrected chi connectivity index (χ3v) is 1.96. The van der Waals surface area contributed by atoms with Gasteiger partial charge in [0, 0.05) is 0 Å². The van der Waals surface area contributed by atoms with E-state index in [-0.39, 0.29) is 11.4 Å². The number of hydrogen-bond donors (Lipinski definition) is 3. The van der Waals surface area contributed by atoms with E-state index in [4.69, 9.17) is 10.5 Å². The van der Waals surface area contributed by atoms with Gasteiger partial charge in [0.25, 0.3) is 5.79 Å². The van der Waals surface area contributed by atoms with Gasteiger partial charge >= 0.3 is 5.79 Å². The predicted octanol–water partition coefficient (Wildman–Crippen LogP) is -2.15. The Kier molecular flexibility index (Phi) is 1.61. The van der Waals surface area contributed by atoms with Gasteiger partial charge in [-0.3, -0.25) is 5.43 Å². The molecule has 0 radical (unpaired) electrons. The third kappa shape index (κ3) is 1.03. The molecule has 2 aliphatic rings. The van der Waals surface area contributed by atoms with Gasteiger partial charge in [-0.1, -0.05) is 0 Å². The molecule has 8 nitrogen and oxygen atoms in total. The number of rotatable bonds is 0. The van der Waals surface area contributed by atoms with Gasteiger partial charge in [0.15, 0.2) is 11.4 Å². The van der Waals surface area contributed by atoms with Crippen molar-refractivity contribution in [1.82, 2.24) is 5.43 Å². The molecule has 15 heavy (non-hydrogen) atoms. The fourth-order valence-electron chi connectivity index (χ4n) is 1.21. The topological polar surface area (TPSA) is 137 Å². The highest BCUT2D eigenvalue weighted by molar-refractivity contribution is 6.54. The van der Waals surface area contributed by atoms with E-state index in [2.05, 4.69) is 20.5 Å². The molecule has 0 saturated carbocycles. The van der Waals surface area contributed by atoms with E-state index in [1.54, 1.807) is 12.1 Å². The number of aliphatic imine (C=N–C) groups is 2. The summed E-state index contributed by atoms with van der Waals surface area (Å²) in [4.78, 5) is 7.27. The maximum atomic E-state index is 9.48. The lowest BCUT2D eigenvalue weighted by Crippen LogP contribution is -2.55. The Hall–Kier alpha value is -2.29. The van der Waals surface area contributed by atoms with Crippen molar-refractivity contribution in [3.63, 3.8) is 0 Å². The lowest BCUT2D eigenvalue weighted by Gasteiger charge is -2.25. The highest BCUT2D eigenvalue weighted by Crippen LogP contribution is 2.30. The molecule has 0 fully saturated rings. The summed E-state index contributed by atoms with van der Waals surface area (Å²) in [7, 11) is 0. The first-order chi connectivity index (χ1) is 7.04.